The summed E-state index contributed by atoms with van der Waals surface area (Å²) in [6.45, 7) is 1.10. The Bertz CT molecular complexity index is 375. The van der Waals surface area contributed by atoms with Gasteiger partial charge >= 0.3 is 0 Å². The van der Waals surface area contributed by atoms with E-state index in [2.05, 4.69) is 22.6 Å². The molecule has 0 bridgehead atoms. The molecule has 0 N–H and O–H groups in total. The van der Waals surface area contributed by atoms with E-state index in [0.29, 0.717) is 29.9 Å². The first kappa shape index (κ1) is 14.5. The highest BCUT2D eigenvalue weighted by Gasteiger charge is 2.39. The molecule has 1 aliphatic rings. The molecule has 1 saturated heterocycles. The van der Waals surface area contributed by atoms with Crippen LogP contribution in [0.15, 0.2) is 35.2 Å². The second kappa shape index (κ2) is 6.52. The molecular weight excluding hydrogens is 369 g/mol. The number of alkyl halides is 3. The van der Waals surface area contributed by atoms with Crippen molar-refractivity contribution in [1.29, 1.82) is 0 Å². The Morgan fingerprint density at radius 3 is 2.56 bits per heavy atom. The molecule has 2 rings (SSSR count). The number of hydrogen-bond acceptors (Lipinski definition) is 2. The van der Waals surface area contributed by atoms with Crippen LogP contribution in [-0.2, 0) is 4.74 Å². The van der Waals surface area contributed by atoms with Crippen LogP contribution in [-0.4, -0.2) is 22.9 Å². The van der Waals surface area contributed by atoms with Crippen molar-refractivity contribution in [1.82, 2.24) is 0 Å². The summed E-state index contributed by atoms with van der Waals surface area (Å²) in [6, 6.07) is 8.84. The van der Waals surface area contributed by atoms with Crippen LogP contribution in [0.25, 0.3) is 0 Å². The quantitative estimate of drug-likeness (QED) is 0.421. The molecule has 1 nitrogen and oxygen atoms in total. The molecule has 5 heteroatoms. The van der Waals surface area contributed by atoms with E-state index in [0.717, 1.165) is 4.43 Å². The van der Waals surface area contributed by atoms with E-state index < -0.39 is 5.25 Å². The van der Waals surface area contributed by atoms with Crippen molar-refractivity contribution in [3.8, 4) is 0 Å². The Morgan fingerprint density at radius 1 is 1.22 bits per heavy atom. The Balaban J connectivity index is 1.94. The molecule has 0 spiro atoms. The number of halogens is 3. The molecule has 2 atom stereocenters. The van der Waals surface area contributed by atoms with Gasteiger partial charge in [-0.05, 0) is 24.0 Å². The van der Waals surface area contributed by atoms with Gasteiger partial charge in [0.1, 0.15) is 0 Å². The summed E-state index contributed by atoms with van der Waals surface area (Å²) in [5, 5.41) is -2.72. The number of thioether (sulfide) groups is 1. The summed E-state index contributed by atoms with van der Waals surface area (Å²) in [4.78, 5) is 0.618. The molecule has 100 valence electrons. The summed E-state index contributed by atoms with van der Waals surface area (Å²) in [5.41, 5.74) is 0. The van der Waals surface area contributed by atoms with E-state index in [1.165, 1.54) is 0 Å². The maximum Gasteiger partial charge on any atom is 0.298 e. The average Bonchev–Trinajstić information content (AvgIpc) is 2.76. The summed E-state index contributed by atoms with van der Waals surface area (Å²) >= 11 is 2.90. The van der Waals surface area contributed by atoms with E-state index in [1.54, 1.807) is 24.3 Å². The molecule has 0 amide bonds. The van der Waals surface area contributed by atoms with Gasteiger partial charge in [-0.3, -0.25) is 0 Å². The summed E-state index contributed by atoms with van der Waals surface area (Å²) < 4.78 is 34.1. The third-order valence-electron chi connectivity index (χ3n) is 3.04. The minimum atomic E-state index is -2.72. The second-order valence-electron chi connectivity index (χ2n) is 4.47. The maximum atomic E-state index is 14.0. The SMILES string of the molecule is FC(F)(CC1COCC1CI)Sc1ccccc1. The number of benzene rings is 1. The third-order valence-corrected chi connectivity index (χ3v) is 5.14. The lowest BCUT2D eigenvalue weighted by Crippen LogP contribution is -2.23. The largest absolute Gasteiger partial charge is 0.381 e. The van der Waals surface area contributed by atoms with Gasteiger partial charge in [-0.15, -0.1) is 0 Å². The van der Waals surface area contributed by atoms with E-state index in [9.17, 15) is 8.78 Å². The molecular formula is C13H15F2IOS. The molecule has 0 aliphatic carbocycles. The summed E-state index contributed by atoms with van der Waals surface area (Å²) in [6.07, 6.45) is -0.0970. The Kier molecular flexibility index (Phi) is 5.26. The number of rotatable bonds is 5. The molecule has 1 aromatic rings. The van der Waals surface area contributed by atoms with Gasteiger partial charge in [0.2, 0.25) is 0 Å². The molecule has 1 aliphatic heterocycles. The highest BCUT2D eigenvalue weighted by Crippen LogP contribution is 2.43. The van der Waals surface area contributed by atoms with Crippen molar-refractivity contribution in [2.24, 2.45) is 11.8 Å². The standard InChI is InChI=1S/C13H15F2IOS/c14-13(15,18-12-4-2-1-3-5-12)6-10-8-17-9-11(10)7-16/h1-5,10-11H,6-9H2. The first-order valence-corrected chi connectivity index (χ1v) is 8.20. The van der Waals surface area contributed by atoms with Crippen LogP contribution in [0.3, 0.4) is 0 Å². The lowest BCUT2D eigenvalue weighted by molar-refractivity contribution is 0.0666. The second-order valence-corrected chi connectivity index (χ2v) is 6.62. The van der Waals surface area contributed by atoms with Gasteiger partial charge in [0.05, 0.1) is 13.2 Å². The zero-order chi connectivity index (χ0) is 13.0. The van der Waals surface area contributed by atoms with Crippen LogP contribution in [0.1, 0.15) is 6.42 Å². The summed E-state index contributed by atoms with van der Waals surface area (Å²) in [7, 11) is 0. The third kappa shape index (κ3) is 4.06. The topological polar surface area (TPSA) is 9.23 Å². The first-order valence-electron chi connectivity index (χ1n) is 5.86. The lowest BCUT2D eigenvalue weighted by atomic mass is 9.95. The van der Waals surface area contributed by atoms with E-state index >= 15 is 0 Å². The lowest BCUT2D eigenvalue weighted by Gasteiger charge is -2.22. The molecule has 18 heavy (non-hydrogen) atoms. The van der Waals surface area contributed by atoms with Gasteiger partial charge in [0, 0.05) is 15.7 Å². The molecule has 0 radical (unpaired) electrons. The minimum Gasteiger partial charge on any atom is -0.381 e. The highest BCUT2D eigenvalue weighted by molar-refractivity contribution is 14.1. The van der Waals surface area contributed by atoms with Gasteiger partial charge in [-0.1, -0.05) is 52.6 Å². The Hall–Kier alpha value is 0.120. The van der Waals surface area contributed by atoms with Gasteiger partial charge in [-0.2, -0.15) is 8.78 Å². The van der Waals surface area contributed by atoms with Crippen LogP contribution >= 0.6 is 34.4 Å². The van der Waals surface area contributed by atoms with E-state index in [4.69, 9.17) is 4.74 Å². The fourth-order valence-corrected chi connectivity index (χ4v) is 3.96. The Labute approximate surface area is 124 Å². The summed E-state index contributed by atoms with van der Waals surface area (Å²) in [5.74, 6) is 0.251. The molecule has 1 heterocycles. The highest BCUT2D eigenvalue weighted by atomic mass is 127. The van der Waals surface area contributed by atoms with E-state index in [1.807, 2.05) is 6.07 Å². The number of hydrogen-bond donors (Lipinski definition) is 0. The molecule has 0 saturated carbocycles. The van der Waals surface area contributed by atoms with Crippen molar-refractivity contribution < 1.29 is 13.5 Å². The van der Waals surface area contributed by atoms with Crippen LogP contribution in [0.4, 0.5) is 8.78 Å². The average molecular weight is 384 g/mol. The molecule has 1 aromatic carbocycles. The first-order chi connectivity index (χ1) is 8.61. The Morgan fingerprint density at radius 2 is 1.89 bits per heavy atom. The smallest absolute Gasteiger partial charge is 0.298 e. The zero-order valence-electron chi connectivity index (χ0n) is 9.82. The van der Waals surface area contributed by atoms with Crippen molar-refractivity contribution in [3.05, 3.63) is 30.3 Å². The predicted octanol–water partition coefficient (Wildman–Crippen LogP) is 4.46. The van der Waals surface area contributed by atoms with Crippen LogP contribution in [0.2, 0.25) is 0 Å². The molecule has 0 aromatic heterocycles. The van der Waals surface area contributed by atoms with Crippen LogP contribution < -0.4 is 0 Å². The van der Waals surface area contributed by atoms with Crippen LogP contribution in [0, 0.1) is 11.8 Å². The number of ether oxygens (including phenoxy) is 1. The van der Waals surface area contributed by atoms with Gasteiger partial charge in [0.25, 0.3) is 5.25 Å². The van der Waals surface area contributed by atoms with Gasteiger partial charge < -0.3 is 4.74 Å². The molecule has 2 unspecified atom stereocenters. The van der Waals surface area contributed by atoms with Crippen LogP contribution in [0.5, 0.6) is 0 Å². The van der Waals surface area contributed by atoms with Gasteiger partial charge in [0.15, 0.2) is 0 Å². The van der Waals surface area contributed by atoms with Crippen molar-refractivity contribution in [2.45, 2.75) is 16.6 Å². The van der Waals surface area contributed by atoms with Crippen molar-refractivity contribution in [3.63, 3.8) is 0 Å². The maximum absolute atomic E-state index is 14.0. The fourth-order valence-electron chi connectivity index (χ4n) is 2.05. The normalized spacial score (nSPS) is 24.4. The van der Waals surface area contributed by atoms with E-state index in [-0.39, 0.29) is 18.3 Å². The van der Waals surface area contributed by atoms with Crippen molar-refractivity contribution >= 4 is 34.4 Å². The van der Waals surface area contributed by atoms with Crippen molar-refractivity contribution in [2.75, 3.05) is 17.6 Å². The predicted molar refractivity (Wildman–Crippen MR) is 78.5 cm³/mol. The monoisotopic (exact) mass is 384 g/mol. The zero-order valence-corrected chi connectivity index (χ0v) is 12.8. The fraction of sp³-hybridized carbons (Fsp3) is 0.538. The van der Waals surface area contributed by atoms with Gasteiger partial charge in [-0.25, -0.2) is 0 Å². The molecule has 1 fully saturated rings. The minimum absolute atomic E-state index is 0.0203.